The van der Waals surface area contributed by atoms with E-state index in [1.54, 1.807) is 0 Å². The summed E-state index contributed by atoms with van der Waals surface area (Å²) in [6.45, 7) is 12.9. The van der Waals surface area contributed by atoms with Crippen molar-refractivity contribution >= 4 is 35.9 Å². The Balaban J connectivity index is 0.00000243. The normalized spacial score (nSPS) is 20.8. The maximum atomic E-state index is 4.46. The van der Waals surface area contributed by atoms with Gasteiger partial charge in [0.05, 0.1) is 0 Å². The van der Waals surface area contributed by atoms with Crippen molar-refractivity contribution < 1.29 is 0 Å². The molecule has 0 aromatic carbocycles. The molecule has 26 heavy (non-hydrogen) atoms. The maximum absolute atomic E-state index is 4.46. The largest absolute Gasteiger partial charge is 0.355 e. The fraction of sp³-hybridized carbons (Fsp3) is 0.722. The van der Waals surface area contributed by atoms with Crippen molar-refractivity contribution in [2.24, 2.45) is 10.4 Å². The van der Waals surface area contributed by atoms with Gasteiger partial charge in [0.25, 0.3) is 0 Å². The molecule has 0 saturated carbocycles. The van der Waals surface area contributed by atoms with Gasteiger partial charge in [-0.05, 0) is 17.9 Å². The number of piperazine rings is 1. The number of guanidine groups is 1. The number of halogens is 1. The summed E-state index contributed by atoms with van der Waals surface area (Å²) < 4.78 is 0. The Morgan fingerprint density at radius 1 is 1.15 bits per heavy atom. The summed E-state index contributed by atoms with van der Waals surface area (Å²) in [5, 5.41) is 3.54. The molecule has 2 fully saturated rings. The van der Waals surface area contributed by atoms with Crippen molar-refractivity contribution in [1.82, 2.24) is 25.1 Å². The number of rotatable bonds is 4. The molecule has 0 amide bonds. The maximum Gasteiger partial charge on any atom is 0.225 e. The lowest BCUT2D eigenvalue weighted by molar-refractivity contribution is 0.259. The lowest BCUT2D eigenvalue weighted by Crippen LogP contribution is -2.50. The van der Waals surface area contributed by atoms with E-state index in [-0.39, 0.29) is 24.0 Å². The van der Waals surface area contributed by atoms with Crippen molar-refractivity contribution in [2.45, 2.75) is 20.3 Å². The van der Waals surface area contributed by atoms with Gasteiger partial charge in [-0.15, -0.1) is 24.0 Å². The molecule has 0 radical (unpaired) electrons. The average Bonchev–Trinajstić information content (AvgIpc) is 3.00. The van der Waals surface area contributed by atoms with Gasteiger partial charge < -0.3 is 15.1 Å². The Bertz CT molecular complexity index is 570. The third-order valence-corrected chi connectivity index (χ3v) is 5.11. The molecular weight excluding hydrogens is 441 g/mol. The molecular formula is C18H32IN7. The van der Waals surface area contributed by atoms with Crippen LogP contribution in [0, 0.1) is 5.41 Å². The first-order chi connectivity index (χ1) is 12.1. The van der Waals surface area contributed by atoms with Gasteiger partial charge in [-0.2, -0.15) is 0 Å². The van der Waals surface area contributed by atoms with Crippen LogP contribution in [-0.4, -0.2) is 85.1 Å². The SMILES string of the molecule is CN=C(NCCN1CCN(c2ncccn2)CC1)N1CCC(C)(C)C1.I. The number of hydrogen-bond donors (Lipinski definition) is 1. The Morgan fingerprint density at radius 2 is 1.85 bits per heavy atom. The van der Waals surface area contributed by atoms with Gasteiger partial charge in [0.15, 0.2) is 5.96 Å². The number of aliphatic imine (C=N–C) groups is 1. The third-order valence-electron chi connectivity index (χ3n) is 5.11. The highest BCUT2D eigenvalue weighted by Crippen LogP contribution is 2.28. The van der Waals surface area contributed by atoms with Crippen molar-refractivity contribution in [2.75, 3.05) is 64.3 Å². The molecule has 1 aromatic heterocycles. The molecule has 1 aromatic rings. The van der Waals surface area contributed by atoms with Crippen LogP contribution in [0.5, 0.6) is 0 Å². The fourth-order valence-corrected chi connectivity index (χ4v) is 3.58. The molecule has 3 rings (SSSR count). The Labute approximate surface area is 174 Å². The standard InChI is InChI=1S/C18H31N7.HI/c1-18(2)5-9-25(15-18)16(19-3)22-8-10-23-11-13-24(14-12-23)17-20-6-4-7-21-17;/h4,6-7H,5,8-15H2,1-3H3,(H,19,22);1H. The summed E-state index contributed by atoms with van der Waals surface area (Å²) in [6, 6.07) is 1.86. The molecule has 2 aliphatic heterocycles. The van der Waals surface area contributed by atoms with Gasteiger partial charge in [0.1, 0.15) is 0 Å². The van der Waals surface area contributed by atoms with Gasteiger partial charge in [-0.1, -0.05) is 13.8 Å². The van der Waals surface area contributed by atoms with E-state index in [9.17, 15) is 0 Å². The molecule has 8 heteroatoms. The van der Waals surface area contributed by atoms with E-state index in [1.165, 1.54) is 6.42 Å². The topological polar surface area (TPSA) is 59.9 Å². The quantitative estimate of drug-likeness (QED) is 0.407. The van der Waals surface area contributed by atoms with Crippen molar-refractivity contribution in [3.63, 3.8) is 0 Å². The van der Waals surface area contributed by atoms with Crippen LogP contribution in [0.25, 0.3) is 0 Å². The van der Waals surface area contributed by atoms with Crippen LogP contribution in [0.15, 0.2) is 23.5 Å². The molecule has 0 atom stereocenters. The summed E-state index contributed by atoms with van der Waals surface area (Å²) in [7, 11) is 1.88. The second-order valence-corrected chi connectivity index (χ2v) is 7.69. The first kappa shape index (κ1) is 21.1. The van der Waals surface area contributed by atoms with Crippen molar-refractivity contribution in [1.29, 1.82) is 0 Å². The summed E-state index contributed by atoms with van der Waals surface area (Å²) in [4.78, 5) is 20.3. The van der Waals surface area contributed by atoms with Gasteiger partial charge in [0, 0.05) is 71.8 Å². The first-order valence-electron chi connectivity index (χ1n) is 9.27. The number of nitrogens with one attached hydrogen (secondary N) is 1. The predicted molar refractivity (Wildman–Crippen MR) is 117 cm³/mol. The summed E-state index contributed by atoms with van der Waals surface area (Å²) in [5.41, 5.74) is 0.396. The van der Waals surface area contributed by atoms with E-state index in [2.05, 4.69) is 48.8 Å². The van der Waals surface area contributed by atoms with E-state index in [0.717, 1.165) is 64.3 Å². The van der Waals surface area contributed by atoms with Crippen LogP contribution in [0.1, 0.15) is 20.3 Å². The van der Waals surface area contributed by atoms with Gasteiger partial charge in [0.2, 0.25) is 5.95 Å². The van der Waals surface area contributed by atoms with E-state index in [1.807, 2.05) is 25.5 Å². The lowest BCUT2D eigenvalue weighted by atomic mass is 9.93. The Hall–Kier alpha value is -1.16. The van der Waals surface area contributed by atoms with Crippen LogP contribution in [0.4, 0.5) is 5.95 Å². The van der Waals surface area contributed by atoms with Crippen LogP contribution >= 0.6 is 24.0 Å². The highest BCUT2D eigenvalue weighted by molar-refractivity contribution is 14.0. The number of nitrogens with zero attached hydrogens (tertiary/aromatic N) is 6. The van der Waals surface area contributed by atoms with E-state index < -0.39 is 0 Å². The van der Waals surface area contributed by atoms with Crippen LogP contribution < -0.4 is 10.2 Å². The molecule has 7 nitrogen and oxygen atoms in total. The van der Waals surface area contributed by atoms with Crippen LogP contribution in [0.2, 0.25) is 0 Å². The second kappa shape index (κ2) is 9.68. The number of likely N-dealkylation sites (tertiary alicyclic amines) is 1. The van der Waals surface area contributed by atoms with Crippen molar-refractivity contribution in [3.05, 3.63) is 18.5 Å². The molecule has 3 heterocycles. The predicted octanol–water partition coefficient (Wildman–Crippen LogP) is 1.52. The molecule has 2 saturated heterocycles. The zero-order chi connectivity index (χ0) is 17.7. The molecule has 146 valence electrons. The minimum absolute atomic E-state index is 0. The van der Waals surface area contributed by atoms with Gasteiger partial charge in [-0.25, -0.2) is 9.97 Å². The second-order valence-electron chi connectivity index (χ2n) is 7.69. The van der Waals surface area contributed by atoms with Crippen LogP contribution in [0.3, 0.4) is 0 Å². The van der Waals surface area contributed by atoms with E-state index in [4.69, 9.17) is 0 Å². The summed E-state index contributed by atoms with van der Waals surface area (Å²) in [5.74, 6) is 1.89. The molecule has 2 aliphatic rings. The van der Waals surface area contributed by atoms with E-state index in [0.29, 0.717) is 5.41 Å². The van der Waals surface area contributed by atoms with E-state index >= 15 is 0 Å². The Kier molecular flexibility index (Phi) is 7.87. The highest BCUT2D eigenvalue weighted by atomic mass is 127. The minimum atomic E-state index is 0. The number of hydrogen-bond acceptors (Lipinski definition) is 5. The van der Waals surface area contributed by atoms with Crippen molar-refractivity contribution in [3.8, 4) is 0 Å². The van der Waals surface area contributed by atoms with Crippen LogP contribution in [-0.2, 0) is 0 Å². The monoisotopic (exact) mass is 473 g/mol. The average molecular weight is 473 g/mol. The molecule has 1 N–H and O–H groups in total. The molecule has 0 spiro atoms. The first-order valence-corrected chi connectivity index (χ1v) is 9.27. The third kappa shape index (κ3) is 5.67. The fourth-order valence-electron chi connectivity index (χ4n) is 3.58. The van der Waals surface area contributed by atoms with Gasteiger partial charge in [-0.3, -0.25) is 9.89 Å². The molecule has 0 bridgehead atoms. The smallest absolute Gasteiger partial charge is 0.225 e. The molecule has 0 aliphatic carbocycles. The number of anilines is 1. The Morgan fingerprint density at radius 3 is 2.42 bits per heavy atom. The number of aromatic nitrogens is 2. The summed E-state index contributed by atoms with van der Waals surface area (Å²) in [6.07, 6.45) is 4.85. The van der Waals surface area contributed by atoms with Gasteiger partial charge >= 0.3 is 0 Å². The zero-order valence-electron chi connectivity index (χ0n) is 16.2. The lowest BCUT2D eigenvalue weighted by Gasteiger charge is -2.34. The minimum Gasteiger partial charge on any atom is -0.355 e. The highest BCUT2D eigenvalue weighted by Gasteiger charge is 2.30. The zero-order valence-corrected chi connectivity index (χ0v) is 18.5. The summed E-state index contributed by atoms with van der Waals surface area (Å²) >= 11 is 0. The molecule has 0 unspecified atom stereocenters.